The molecule has 7 rings (SSSR count). The number of nitrogens with zero attached hydrogens (tertiary/aromatic N) is 2. The largest absolute Gasteiger partial charge is 0.353 e. The van der Waals surface area contributed by atoms with Gasteiger partial charge in [-0.15, -0.1) is 0 Å². The van der Waals surface area contributed by atoms with E-state index in [1.165, 1.54) is 31.4 Å². The van der Waals surface area contributed by atoms with E-state index in [0.29, 0.717) is 18.0 Å². The number of rotatable bonds is 6. The molecule has 204 valence electrons. The summed E-state index contributed by atoms with van der Waals surface area (Å²) < 4.78 is 13.5. The van der Waals surface area contributed by atoms with Gasteiger partial charge in [-0.05, 0) is 77.9 Å². The van der Waals surface area contributed by atoms with Crippen LogP contribution in [-0.2, 0) is 4.79 Å². The van der Waals surface area contributed by atoms with E-state index in [4.69, 9.17) is 0 Å². The zero-order valence-electron chi connectivity index (χ0n) is 22.6. The van der Waals surface area contributed by atoms with Crippen LogP contribution in [0.1, 0.15) is 38.5 Å². The van der Waals surface area contributed by atoms with Gasteiger partial charge >= 0.3 is 0 Å². The first kappa shape index (κ1) is 25.2. The number of hydrogen-bond donors (Lipinski definition) is 3. The van der Waals surface area contributed by atoms with Gasteiger partial charge in [0.1, 0.15) is 11.5 Å². The second-order valence-corrected chi connectivity index (χ2v) is 11.0. The summed E-state index contributed by atoms with van der Waals surface area (Å²) in [4.78, 5) is 20.6. The van der Waals surface area contributed by atoms with Crippen LogP contribution in [0.15, 0.2) is 85.2 Å². The number of pyridine rings is 1. The van der Waals surface area contributed by atoms with Gasteiger partial charge in [-0.25, -0.2) is 4.39 Å². The summed E-state index contributed by atoms with van der Waals surface area (Å²) in [5.74, 6) is 0.289. The molecule has 3 heterocycles. The first-order valence-corrected chi connectivity index (χ1v) is 14.2. The lowest BCUT2D eigenvalue weighted by molar-refractivity contribution is -0.117. The van der Waals surface area contributed by atoms with Gasteiger partial charge in [0.15, 0.2) is 0 Å². The lowest BCUT2D eigenvalue weighted by Gasteiger charge is -2.20. The van der Waals surface area contributed by atoms with E-state index in [-0.39, 0.29) is 11.7 Å². The Balaban J connectivity index is 1.19. The first-order chi connectivity index (χ1) is 20.1. The summed E-state index contributed by atoms with van der Waals surface area (Å²) in [5, 5.41) is 12.9. The number of halogens is 1. The van der Waals surface area contributed by atoms with Crippen molar-refractivity contribution in [1.29, 1.82) is 0 Å². The van der Waals surface area contributed by atoms with Crippen molar-refractivity contribution in [2.75, 3.05) is 5.32 Å². The standard InChI is InChI=1S/C34H30FN5O/c35-25-12-9-22(10-13-25)27-7-4-8-30-28(27)18-32(38-30)34-29-17-23(11-14-31(29)39-40-34)24-16-26(20-36-19-24)37-33(41)15-21-5-2-1-3-6-21/h4,7-14,16-21,38H,1-3,5-6,15H2,(H,37,41)(H,39,40). The molecule has 0 bridgehead atoms. The summed E-state index contributed by atoms with van der Waals surface area (Å²) in [7, 11) is 0. The average molecular weight is 544 g/mol. The number of fused-ring (bicyclic) bond motifs is 2. The highest BCUT2D eigenvalue weighted by atomic mass is 19.1. The Morgan fingerprint density at radius 3 is 2.54 bits per heavy atom. The van der Waals surface area contributed by atoms with E-state index in [1.54, 1.807) is 18.3 Å². The van der Waals surface area contributed by atoms with Crippen molar-refractivity contribution in [1.82, 2.24) is 20.2 Å². The predicted octanol–water partition coefficient (Wildman–Crippen LogP) is 8.49. The summed E-state index contributed by atoms with van der Waals surface area (Å²) in [5.41, 5.74) is 8.20. The highest BCUT2D eigenvalue weighted by Crippen LogP contribution is 2.35. The van der Waals surface area contributed by atoms with Crippen LogP contribution in [-0.4, -0.2) is 26.1 Å². The molecule has 0 saturated heterocycles. The molecule has 6 nitrogen and oxygen atoms in total. The highest BCUT2D eigenvalue weighted by Gasteiger charge is 2.18. The predicted molar refractivity (Wildman–Crippen MR) is 162 cm³/mol. The number of carbonyl (C=O) groups excluding carboxylic acids is 1. The summed E-state index contributed by atoms with van der Waals surface area (Å²) in [6, 6.07) is 22.9. The van der Waals surface area contributed by atoms with E-state index in [2.05, 4.69) is 37.6 Å². The maximum Gasteiger partial charge on any atom is 0.224 e. The summed E-state index contributed by atoms with van der Waals surface area (Å²) in [6.45, 7) is 0. The third-order valence-electron chi connectivity index (χ3n) is 8.19. The highest BCUT2D eigenvalue weighted by molar-refractivity contribution is 6.02. The maximum atomic E-state index is 13.5. The van der Waals surface area contributed by atoms with Crippen LogP contribution < -0.4 is 5.32 Å². The zero-order chi connectivity index (χ0) is 27.8. The molecule has 0 radical (unpaired) electrons. The van der Waals surface area contributed by atoms with E-state index in [9.17, 15) is 9.18 Å². The Hall–Kier alpha value is -4.78. The van der Waals surface area contributed by atoms with Gasteiger partial charge in [-0.3, -0.25) is 14.9 Å². The van der Waals surface area contributed by atoms with Gasteiger partial charge in [0.25, 0.3) is 0 Å². The lowest BCUT2D eigenvalue weighted by Crippen LogP contribution is -2.18. The lowest BCUT2D eigenvalue weighted by atomic mass is 9.87. The molecule has 0 spiro atoms. The Morgan fingerprint density at radius 2 is 1.68 bits per heavy atom. The van der Waals surface area contributed by atoms with Crippen molar-refractivity contribution in [3.05, 3.63) is 91.0 Å². The molecule has 1 amide bonds. The third-order valence-corrected chi connectivity index (χ3v) is 8.19. The Morgan fingerprint density at radius 1 is 0.854 bits per heavy atom. The van der Waals surface area contributed by atoms with E-state index in [0.717, 1.165) is 68.3 Å². The molecule has 3 N–H and O–H groups in total. The Bertz CT molecular complexity index is 1860. The van der Waals surface area contributed by atoms with E-state index in [1.807, 2.05) is 42.6 Å². The maximum absolute atomic E-state index is 13.5. The number of nitrogens with one attached hydrogen (secondary N) is 3. The van der Waals surface area contributed by atoms with Crippen molar-refractivity contribution in [2.24, 2.45) is 5.92 Å². The minimum Gasteiger partial charge on any atom is -0.353 e. The fourth-order valence-electron chi connectivity index (χ4n) is 6.09. The summed E-state index contributed by atoms with van der Waals surface area (Å²) in [6.07, 6.45) is 10.1. The van der Waals surface area contributed by atoms with Crippen LogP contribution in [0.2, 0.25) is 0 Å². The van der Waals surface area contributed by atoms with Crippen molar-refractivity contribution in [3.8, 4) is 33.6 Å². The van der Waals surface area contributed by atoms with E-state index < -0.39 is 0 Å². The van der Waals surface area contributed by atoms with Crippen molar-refractivity contribution in [2.45, 2.75) is 38.5 Å². The molecule has 6 aromatic rings. The molecule has 0 atom stereocenters. The second-order valence-electron chi connectivity index (χ2n) is 11.0. The van der Waals surface area contributed by atoms with Crippen LogP contribution >= 0.6 is 0 Å². The fraction of sp³-hybridized carbons (Fsp3) is 0.206. The minimum absolute atomic E-state index is 0.0576. The average Bonchev–Trinajstić information content (AvgIpc) is 3.62. The van der Waals surface area contributed by atoms with E-state index >= 15 is 0 Å². The fourth-order valence-corrected chi connectivity index (χ4v) is 6.09. The van der Waals surface area contributed by atoms with Crippen LogP contribution in [0.5, 0.6) is 0 Å². The first-order valence-electron chi connectivity index (χ1n) is 14.2. The summed E-state index contributed by atoms with van der Waals surface area (Å²) >= 11 is 0. The second kappa shape index (κ2) is 10.7. The molecule has 0 unspecified atom stereocenters. The monoisotopic (exact) mass is 543 g/mol. The molecule has 1 aliphatic carbocycles. The van der Waals surface area contributed by atoms with Crippen LogP contribution in [0.3, 0.4) is 0 Å². The molecule has 41 heavy (non-hydrogen) atoms. The number of aromatic amines is 2. The van der Waals surface area contributed by atoms with Gasteiger partial charge in [-0.1, -0.05) is 49.6 Å². The number of hydrogen-bond acceptors (Lipinski definition) is 3. The molecule has 7 heteroatoms. The quantitative estimate of drug-likeness (QED) is 0.197. The molecule has 1 saturated carbocycles. The molecule has 1 aliphatic rings. The molecule has 3 aromatic heterocycles. The number of benzene rings is 3. The number of H-pyrrole nitrogens is 2. The van der Waals surface area contributed by atoms with Gasteiger partial charge in [0.05, 0.1) is 23.1 Å². The molecule has 1 fully saturated rings. The number of amides is 1. The van der Waals surface area contributed by atoms with Crippen LogP contribution in [0.25, 0.3) is 55.4 Å². The SMILES string of the molecule is O=C(CC1CCCCC1)Nc1cncc(-c2ccc3[nH]nc(-c4cc5c(-c6ccc(F)cc6)cccc5[nH]4)c3c2)c1. The molecule has 0 aliphatic heterocycles. The zero-order valence-corrected chi connectivity index (χ0v) is 22.6. The van der Waals surface area contributed by atoms with Gasteiger partial charge in [0, 0.05) is 34.5 Å². The number of carbonyl (C=O) groups is 1. The third kappa shape index (κ3) is 5.11. The van der Waals surface area contributed by atoms with Crippen molar-refractivity contribution < 1.29 is 9.18 Å². The topological polar surface area (TPSA) is 86.5 Å². The van der Waals surface area contributed by atoms with Gasteiger partial charge < -0.3 is 10.3 Å². The minimum atomic E-state index is -0.253. The smallest absolute Gasteiger partial charge is 0.224 e. The van der Waals surface area contributed by atoms with Crippen LogP contribution in [0.4, 0.5) is 10.1 Å². The molecule has 3 aromatic carbocycles. The van der Waals surface area contributed by atoms with Crippen molar-refractivity contribution in [3.63, 3.8) is 0 Å². The Kier molecular flexibility index (Phi) is 6.55. The number of aromatic nitrogens is 4. The normalized spacial score (nSPS) is 14.1. The molecular weight excluding hydrogens is 513 g/mol. The van der Waals surface area contributed by atoms with Gasteiger partial charge in [0.2, 0.25) is 5.91 Å². The Labute approximate surface area is 237 Å². The van der Waals surface area contributed by atoms with Crippen molar-refractivity contribution >= 4 is 33.4 Å². The van der Waals surface area contributed by atoms with Gasteiger partial charge in [-0.2, -0.15) is 5.10 Å². The molecular formula is C34H30FN5O. The number of anilines is 1. The van der Waals surface area contributed by atoms with Crippen LogP contribution in [0, 0.1) is 11.7 Å².